The van der Waals surface area contributed by atoms with Gasteiger partial charge in [-0.2, -0.15) is 0 Å². The van der Waals surface area contributed by atoms with Crippen LogP contribution in [-0.2, 0) is 26.2 Å². The predicted octanol–water partition coefficient (Wildman–Crippen LogP) is 3.57. The fraction of sp³-hybridized carbons (Fsp3) is 0.462. The van der Waals surface area contributed by atoms with Crippen LogP contribution < -0.4 is 9.62 Å². The Kier molecular flexibility index (Phi) is 9.27. The highest BCUT2D eigenvalue weighted by Gasteiger charge is 2.30. The predicted molar refractivity (Wildman–Crippen MR) is 137 cm³/mol. The van der Waals surface area contributed by atoms with Gasteiger partial charge in [0, 0.05) is 13.1 Å². The molecule has 0 heterocycles. The van der Waals surface area contributed by atoms with E-state index in [4.69, 9.17) is 0 Å². The van der Waals surface area contributed by atoms with Crippen LogP contribution in [0.25, 0.3) is 0 Å². The Morgan fingerprint density at radius 1 is 0.971 bits per heavy atom. The highest BCUT2D eigenvalue weighted by molar-refractivity contribution is 7.92. The number of carbonyl (C=O) groups excluding carboxylic acids is 2. The Hall–Kier alpha value is -2.87. The maximum Gasteiger partial charge on any atom is 0.244 e. The van der Waals surface area contributed by atoms with E-state index in [0.717, 1.165) is 32.8 Å². The second kappa shape index (κ2) is 11.5. The average Bonchev–Trinajstić information content (AvgIpc) is 2.73. The lowest BCUT2D eigenvalue weighted by Crippen LogP contribution is -2.51. The lowest BCUT2D eigenvalue weighted by atomic mass is 10.1. The summed E-state index contributed by atoms with van der Waals surface area (Å²) in [6, 6.07) is 12.3. The first-order chi connectivity index (χ1) is 15.8. The molecule has 0 spiro atoms. The summed E-state index contributed by atoms with van der Waals surface area (Å²) in [5.41, 5.74) is 4.12. The standard InChI is InChI=1S/C26H37N3O4S/c1-18(2)15-27-26(31)22(6)28(16-23-11-9-8-10-21(23)5)25(30)17-29(34(7,32)33)24-13-19(3)12-20(4)14-24/h8-14,18,22H,15-17H2,1-7H3,(H,27,31)/t22-/m0/s1. The lowest BCUT2D eigenvalue weighted by molar-refractivity contribution is -0.139. The zero-order valence-corrected chi connectivity index (χ0v) is 22.1. The highest BCUT2D eigenvalue weighted by Crippen LogP contribution is 2.22. The van der Waals surface area contributed by atoms with Crippen LogP contribution in [0, 0.1) is 26.7 Å². The molecule has 2 rings (SSSR count). The Balaban J connectivity index is 2.41. The summed E-state index contributed by atoms with van der Waals surface area (Å²) in [5, 5.41) is 2.88. The molecule has 8 heteroatoms. The van der Waals surface area contributed by atoms with Gasteiger partial charge in [-0.05, 0) is 68.0 Å². The first-order valence-corrected chi connectivity index (χ1v) is 13.3. The fourth-order valence-corrected chi connectivity index (χ4v) is 4.55. The molecule has 0 aromatic heterocycles. The van der Waals surface area contributed by atoms with Crippen molar-refractivity contribution in [3.8, 4) is 0 Å². The Bertz CT molecular complexity index is 1110. The smallest absolute Gasteiger partial charge is 0.244 e. The molecule has 0 unspecified atom stereocenters. The molecule has 1 N–H and O–H groups in total. The van der Waals surface area contributed by atoms with E-state index in [1.54, 1.807) is 19.1 Å². The minimum Gasteiger partial charge on any atom is -0.354 e. The summed E-state index contributed by atoms with van der Waals surface area (Å²) < 4.78 is 26.5. The number of nitrogens with zero attached hydrogens (tertiary/aromatic N) is 2. The van der Waals surface area contributed by atoms with E-state index < -0.39 is 28.5 Å². The molecule has 0 saturated heterocycles. The molecule has 2 amide bonds. The summed E-state index contributed by atoms with van der Waals surface area (Å²) in [5.74, 6) is -0.449. The molecule has 0 saturated carbocycles. The van der Waals surface area contributed by atoms with Gasteiger partial charge in [-0.1, -0.05) is 44.2 Å². The molecule has 7 nitrogen and oxygen atoms in total. The van der Waals surface area contributed by atoms with Gasteiger partial charge in [-0.15, -0.1) is 0 Å². The summed E-state index contributed by atoms with van der Waals surface area (Å²) >= 11 is 0. The van der Waals surface area contributed by atoms with E-state index in [-0.39, 0.29) is 18.4 Å². The second-order valence-corrected chi connectivity index (χ2v) is 11.3. The maximum absolute atomic E-state index is 13.6. The molecular weight excluding hydrogens is 450 g/mol. The van der Waals surface area contributed by atoms with Crippen molar-refractivity contribution in [3.63, 3.8) is 0 Å². The topological polar surface area (TPSA) is 86.8 Å². The molecule has 1 atom stereocenters. The van der Waals surface area contributed by atoms with E-state index in [2.05, 4.69) is 5.32 Å². The molecule has 0 aliphatic carbocycles. The van der Waals surface area contributed by atoms with Crippen LogP contribution in [0.2, 0.25) is 0 Å². The van der Waals surface area contributed by atoms with E-state index in [1.807, 2.05) is 65.0 Å². The van der Waals surface area contributed by atoms with Crippen molar-refractivity contribution in [2.24, 2.45) is 5.92 Å². The number of benzene rings is 2. The third kappa shape index (κ3) is 7.58. The minimum absolute atomic E-state index is 0.201. The minimum atomic E-state index is -3.74. The normalized spacial score (nSPS) is 12.4. The van der Waals surface area contributed by atoms with Crippen LogP contribution in [0.4, 0.5) is 5.69 Å². The van der Waals surface area contributed by atoms with E-state index in [9.17, 15) is 18.0 Å². The largest absolute Gasteiger partial charge is 0.354 e. The zero-order valence-electron chi connectivity index (χ0n) is 21.3. The molecule has 0 aliphatic heterocycles. The Morgan fingerprint density at radius 2 is 1.56 bits per heavy atom. The van der Waals surface area contributed by atoms with Crippen molar-refractivity contribution < 1.29 is 18.0 Å². The molecule has 0 radical (unpaired) electrons. The van der Waals surface area contributed by atoms with Gasteiger partial charge in [0.15, 0.2) is 0 Å². The third-order valence-corrected chi connectivity index (χ3v) is 6.77. The van der Waals surface area contributed by atoms with Gasteiger partial charge in [0.2, 0.25) is 21.8 Å². The first kappa shape index (κ1) is 27.4. The summed E-state index contributed by atoms with van der Waals surface area (Å²) in [6.07, 6.45) is 1.09. The number of sulfonamides is 1. The SMILES string of the molecule is Cc1cc(C)cc(N(CC(=O)N(Cc2ccccc2C)[C@@H](C)C(=O)NCC(C)C)S(C)(=O)=O)c1. The Morgan fingerprint density at radius 3 is 2.09 bits per heavy atom. The lowest BCUT2D eigenvalue weighted by Gasteiger charge is -2.32. The molecule has 186 valence electrons. The van der Waals surface area contributed by atoms with Gasteiger partial charge in [0.25, 0.3) is 0 Å². The number of anilines is 1. The molecule has 0 bridgehead atoms. The van der Waals surface area contributed by atoms with Gasteiger partial charge >= 0.3 is 0 Å². The van der Waals surface area contributed by atoms with E-state index in [0.29, 0.717) is 12.2 Å². The number of nitrogens with one attached hydrogen (secondary N) is 1. The van der Waals surface area contributed by atoms with Gasteiger partial charge in [0.1, 0.15) is 12.6 Å². The van der Waals surface area contributed by atoms with Crippen molar-refractivity contribution >= 4 is 27.5 Å². The van der Waals surface area contributed by atoms with Crippen LogP contribution >= 0.6 is 0 Å². The van der Waals surface area contributed by atoms with Gasteiger partial charge in [-0.25, -0.2) is 8.42 Å². The third-order valence-electron chi connectivity index (χ3n) is 5.63. The molecular formula is C26H37N3O4S. The van der Waals surface area contributed by atoms with Crippen molar-refractivity contribution in [2.75, 3.05) is 23.7 Å². The van der Waals surface area contributed by atoms with Crippen molar-refractivity contribution in [2.45, 2.75) is 54.1 Å². The number of hydrogen-bond donors (Lipinski definition) is 1. The van der Waals surface area contributed by atoms with Crippen LogP contribution in [0.3, 0.4) is 0 Å². The molecule has 34 heavy (non-hydrogen) atoms. The summed E-state index contributed by atoms with van der Waals surface area (Å²) in [7, 11) is -3.74. The fourth-order valence-electron chi connectivity index (χ4n) is 3.71. The van der Waals surface area contributed by atoms with Crippen LogP contribution in [0.1, 0.15) is 43.0 Å². The number of aryl methyl sites for hydroxylation is 3. The molecule has 2 aromatic rings. The summed E-state index contributed by atoms with van der Waals surface area (Å²) in [4.78, 5) is 27.9. The van der Waals surface area contributed by atoms with Crippen LogP contribution in [0.15, 0.2) is 42.5 Å². The first-order valence-electron chi connectivity index (χ1n) is 11.5. The van der Waals surface area contributed by atoms with E-state index in [1.165, 1.54) is 4.90 Å². The van der Waals surface area contributed by atoms with Crippen molar-refractivity contribution in [3.05, 3.63) is 64.7 Å². The van der Waals surface area contributed by atoms with E-state index >= 15 is 0 Å². The maximum atomic E-state index is 13.6. The summed E-state index contributed by atoms with van der Waals surface area (Å²) in [6.45, 7) is 11.7. The highest BCUT2D eigenvalue weighted by atomic mass is 32.2. The average molecular weight is 488 g/mol. The van der Waals surface area contributed by atoms with Gasteiger partial charge < -0.3 is 10.2 Å². The van der Waals surface area contributed by atoms with Crippen LogP contribution in [0.5, 0.6) is 0 Å². The van der Waals surface area contributed by atoms with Gasteiger partial charge in [-0.3, -0.25) is 13.9 Å². The van der Waals surface area contributed by atoms with Gasteiger partial charge in [0.05, 0.1) is 11.9 Å². The van der Waals surface area contributed by atoms with Crippen LogP contribution in [-0.4, -0.2) is 50.5 Å². The monoisotopic (exact) mass is 487 g/mol. The second-order valence-electron chi connectivity index (χ2n) is 9.38. The Labute approximate surface area is 204 Å². The number of rotatable bonds is 10. The zero-order chi connectivity index (χ0) is 25.6. The molecule has 2 aromatic carbocycles. The number of amides is 2. The number of hydrogen-bond acceptors (Lipinski definition) is 4. The quantitative estimate of drug-likeness (QED) is 0.555. The van der Waals surface area contributed by atoms with Crippen molar-refractivity contribution in [1.29, 1.82) is 0 Å². The number of carbonyl (C=O) groups is 2. The van der Waals surface area contributed by atoms with Crippen molar-refractivity contribution in [1.82, 2.24) is 10.2 Å². The molecule has 0 aliphatic rings. The molecule has 0 fully saturated rings.